The second-order valence-electron chi connectivity index (χ2n) is 4.33. The van der Waals surface area contributed by atoms with Gasteiger partial charge in [-0.05, 0) is 30.7 Å². The summed E-state index contributed by atoms with van der Waals surface area (Å²) in [4.78, 5) is 11.6. The second-order valence-corrected chi connectivity index (χ2v) is 4.76. The molecule has 0 bridgehead atoms. The van der Waals surface area contributed by atoms with E-state index >= 15 is 0 Å². The van der Waals surface area contributed by atoms with Crippen LogP contribution in [0.25, 0.3) is 0 Å². The van der Waals surface area contributed by atoms with Gasteiger partial charge in [-0.25, -0.2) is 0 Å². The van der Waals surface area contributed by atoms with Crippen LogP contribution in [0.5, 0.6) is 0 Å². The highest BCUT2D eigenvalue weighted by atomic mass is 35.5. The molecule has 1 aromatic heterocycles. The number of pyridine rings is 1. The number of nitrogens with zero attached hydrogens (tertiary/aromatic N) is 1. The normalized spacial score (nSPS) is 12.4. The molecule has 0 fully saturated rings. The Labute approximate surface area is 110 Å². The zero-order valence-corrected chi connectivity index (χ0v) is 11.0. The van der Waals surface area contributed by atoms with Gasteiger partial charge < -0.3 is 9.67 Å². The first kappa shape index (κ1) is 12.9. The monoisotopic (exact) mass is 263 g/mol. The third-order valence-electron chi connectivity index (χ3n) is 2.89. The lowest BCUT2D eigenvalue weighted by atomic mass is 10.0. The van der Waals surface area contributed by atoms with E-state index in [0.29, 0.717) is 16.1 Å². The summed E-state index contributed by atoms with van der Waals surface area (Å²) in [6.45, 7) is 1.74. The van der Waals surface area contributed by atoms with Crippen LogP contribution in [0.1, 0.15) is 22.8 Å². The van der Waals surface area contributed by atoms with Gasteiger partial charge in [-0.1, -0.05) is 23.7 Å². The highest BCUT2D eigenvalue weighted by Crippen LogP contribution is 2.22. The minimum Gasteiger partial charge on any atom is -0.384 e. The molecule has 0 aliphatic rings. The van der Waals surface area contributed by atoms with Crippen molar-refractivity contribution in [2.45, 2.75) is 13.0 Å². The van der Waals surface area contributed by atoms with E-state index in [9.17, 15) is 9.90 Å². The zero-order valence-electron chi connectivity index (χ0n) is 10.2. The molecular weight excluding hydrogens is 250 g/mol. The highest BCUT2D eigenvalue weighted by Gasteiger charge is 2.12. The van der Waals surface area contributed by atoms with Gasteiger partial charge in [0.25, 0.3) is 5.56 Å². The number of benzene rings is 1. The topological polar surface area (TPSA) is 42.2 Å². The van der Waals surface area contributed by atoms with E-state index in [2.05, 4.69) is 0 Å². The minimum atomic E-state index is -0.757. The fourth-order valence-electron chi connectivity index (χ4n) is 1.90. The third kappa shape index (κ3) is 2.47. The summed E-state index contributed by atoms with van der Waals surface area (Å²) in [5, 5.41) is 10.9. The molecule has 2 rings (SSSR count). The molecule has 4 heteroatoms. The molecule has 0 saturated heterocycles. The molecule has 3 nitrogen and oxygen atoms in total. The predicted octanol–water partition coefficient (Wildman–Crippen LogP) is 2.43. The Kier molecular flexibility index (Phi) is 3.55. The van der Waals surface area contributed by atoms with Crippen molar-refractivity contribution in [2.24, 2.45) is 7.05 Å². The average Bonchev–Trinajstić information content (AvgIpc) is 2.35. The van der Waals surface area contributed by atoms with Crippen molar-refractivity contribution < 1.29 is 5.11 Å². The number of aliphatic hydroxyl groups excluding tert-OH is 1. The average molecular weight is 264 g/mol. The number of hydrogen-bond donors (Lipinski definition) is 1. The number of aromatic nitrogens is 1. The molecular formula is C14H14ClNO2. The maximum Gasteiger partial charge on any atom is 0.253 e. The van der Waals surface area contributed by atoms with Crippen LogP contribution in [-0.4, -0.2) is 9.67 Å². The standard InChI is InChI=1S/C14H14ClNO2/c1-9-7-11(8-16(2)14(9)18)13(17)10-3-5-12(15)6-4-10/h3-8,13,17H,1-2H3. The first-order chi connectivity index (χ1) is 8.49. The summed E-state index contributed by atoms with van der Waals surface area (Å²) in [6, 6.07) is 8.71. The Morgan fingerprint density at radius 3 is 2.39 bits per heavy atom. The van der Waals surface area contributed by atoms with Gasteiger partial charge in [0.2, 0.25) is 0 Å². The Hall–Kier alpha value is -1.58. The van der Waals surface area contributed by atoms with E-state index in [1.165, 1.54) is 4.57 Å². The molecule has 1 atom stereocenters. The summed E-state index contributed by atoms with van der Waals surface area (Å²) in [5.41, 5.74) is 2.00. The maximum atomic E-state index is 11.6. The van der Waals surface area contributed by atoms with Crippen molar-refractivity contribution >= 4 is 11.6 Å². The molecule has 2 aromatic rings. The largest absolute Gasteiger partial charge is 0.384 e. The van der Waals surface area contributed by atoms with E-state index in [1.54, 1.807) is 50.5 Å². The molecule has 18 heavy (non-hydrogen) atoms. The van der Waals surface area contributed by atoms with E-state index < -0.39 is 6.10 Å². The van der Waals surface area contributed by atoms with Gasteiger partial charge in [-0.15, -0.1) is 0 Å². The van der Waals surface area contributed by atoms with Crippen LogP contribution in [0.3, 0.4) is 0 Å². The summed E-state index contributed by atoms with van der Waals surface area (Å²) >= 11 is 5.81. The zero-order chi connectivity index (χ0) is 13.3. The van der Waals surface area contributed by atoms with Crippen LogP contribution < -0.4 is 5.56 Å². The maximum absolute atomic E-state index is 11.6. The number of rotatable bonds is 2. The molecule has 0 aliphatic carbocycles. The van der Waals surface area contributed by atoms with Gasteiger partial charge >= 0.3 is 0 Å². The summed E-state index contributed by atoms with van der Waals surface area (Å²) in [5.74, 6) is 0. The lowest BCUT2D eigenvalue weighted by Crippen LogP contribution is -2.20. The third-order valence-corrected chi connectivity index (χ3v) is 3.14. The van der Waals surface area contributed by atoms with Gasteiger partial charge in [0, 0.05) is 29.4 Å². The molecule has 94 valence electrons. The smallest absolute Gasteiger partial charge is 0.253 e. The van der Waals surface area contributed by atoms with Crippen molar-refractivity contribution in [3.63, 3.8) is 0 Å². The van der Waals surface area contributed by atoms with E-state index in [0.717, 1.165) is 5.56 Å². The van der Waals surface area contributed by atoms with Crippen LogP contribution in [0.15, 0.2) is 41.3 Å². The minimum absolute atomic E-state index is 0.0537. The highest BCUT2D eigenvalue weighted by molar-refractivity contribution is 6.30. The molecule has 0 spiro atoms. The molecule has 1 unspecified atom stereocenters. The molecule has 0 amide bonds. The van der Waals surface area contributed by atoms with Crippen LogP contribution in [0.2, 0.25) is 5.02 Å². The van der Waals surface area contributed by atoms with Crippen molar-refractivity contribution in [2.75, 3.05) is 0 Å². The summed E-state index contributed by atoms with van der Waals surface area (Å²) in [7, 11) is 1.67. The van der Waals surface area contributed by atoms with E-state index in [4.69, 9.17) is 11.6 Å². The Morgan fingerprint density at radius 1 is 1.22 bits per heavy atom. The number of aryl methyl sites for hydroxylation is 2. The Bertz CT molecular complexity index is 590. The van der Waals surface area contributed by atoms with E-state index in [1.807, 2.05) is 0 Å². The SMILES string of the molecule is Cc1cc(C(O)c2ccc(Cl)cc2)cn(C)c1=O. The summed E-state index contributed by atoms with van der Waals surface area (Å²) in [6.07, 6.45) is 0.891. The first-order valence-electron chi connectivity index (χ1n) is 5.60. The van der Waals surface area contributed by atoms with Crippen LogP contribution >= 0.6 is 11.6 Å². The van der Waals surface area contributed by atoms with Crippen molar-refractivity contribution in [3.8, 4) is 0 Å². The number of hydrogen-bond acceptors (Lipinski definition) is 2. The van der Waals surface area contributed by atoms with Gasteiger partial charge in [0.15, 0.2) is 0 Å². The Balaban J connectivity index is 2.43. The molecule has 0 radical (unpaired) electrons. The number of halogens is 1. The van der Waals surface area contributed by atoms with Crippen molar-refractivity contribution in [3.05, 3.63) is 68.6 Å². The quantitative estimate of drug-likeness (QED) is 0.904. The second kappa shape index (κ2) is 4.96. The van der Waals surface area contributed by atoms with E-state index in [-0.39, 0.29) is 5.56 Å². The lowest BCUT2D eigenvalue weighted by Gasteiger charge is -2.13. The van der Waals surface area contributed by atoms with Crippen molar-refractivity contribution in [1.82, 2.24) is 4.57 Å². The van der Waals surface area contributed by atoms with Crippen LogP contribution in [0.4, 0.5) is 0 Å². The van der Waals surface area contributed by atoms with Gasteiger partial charge in [-0.2, -0.15) is 0 Å². The molecule has 0 saturated carbocycles. The predicted molar refractivity (Wildman–Crippen MR) is 71.9 cm³/mol. The Morgan fingerprint density at radius 2 is 1.83 bits per heavy atom. The van der Waals surface area contributed by atoms with Crippen LogP contribution in [-0.2, 0) is 7.05 Å². The molecule has 1 aromatic carbocycles. The number of aliphatic hydroxyl groups is 1. The lowest BCUT2D eigenvalue weighted by molar-refractivity contribution is 0.219. The molecule has 1 N–H and O–H groups in total. The first-order valence-corrected chi connectivity index (χ1v) is 5.97. The molecule has 0 aliphatic heterocycles. The van der Waals surface area contributed by atoms with Crippen LogP contribution in [0, 0.1) is 6.92 Å². The van der Waals surface area contributed by atoms with Crippen molar-refractivity contribution in [1.29, 1.82) is 0 Å². The van der Waals surface area contributed by atoms with Gasteiger partial charge in [0.1, 0.15) is 6.10 Å². The van der Waals surface area contributed by atoms with Gasteiger partial charge in [0.05, 0.1) is 0 Å². The fourth-order valence-corrected chi connectivity index (χ4v) is 2.02. The molecule has 1 heterocycles. The fraction of sp³-hybridized carbons (Fsp3) is 0.214. The van der Waals surface area contributed by atoms with Gasteiger partial charge in [-0.3, -0.25) is 4.79 Å². The summed E-state index contributed by atoms with van der Waals surface area (Å²) < 4.78 is 1.48.